The third kappa shape index (κ3) is 3.27. The molecule has 0 radical (unpaired) electrons. The Bertz CT molecular complexity index is 465. The molecule has 20 heavy (non-hydrogen) atoms. The minimum Gasteiger partial charge on any atom is -0.493 e. The topological polar surface area (TPSA) is 41.9 Å². The molecule has 1 aromatic carbocycles. The van der Waals surface area contributed by atoms with E-state index in [4.69, 9.17) is 9.47 Å². The van der Waals surface area contributed by atoms with Crippen LogP contribution in [0.2, 0.25) is 0 Å². The second kappa shape index (κ2) is 6.78. The Balaban J connectivity index is 2.11. The molecule has 2 unspecified atom stereocenters. The average Bonchev–Trinajstić information content (AvgIpc) is 2.89. The molecule has 1 saturated heterocycles. The molecule has 0 amide bonds. The van der Waals surface area contributed by atoms with E-state index in [0.717, 1.165) is 42.0 Å². The molecule has 1 aliphatic heterocycles. The molecule has 2 rings (SSSR count). The van der Waals surface area contributed by atoms with Gasteiger partial charge in [0.1, 0.15) is 0 Å². The van der Waals surface area contributed by atoms with Gasteiger partial charge < -0.3 is 14.6 Å². The van der Waals surface area contributed by atoms with Crippen LogP contribution < -0.4 is 9.47 Å². The fourth-order valence-electron chi connectivity index (χ4n) is 2.69. The second-order valence-electron chi connectivity index (χ2n) is 5.30. The summed E-state index contributed by atoms with van der Waals surface area (Å²) in [5.74, 6) is 1.84. The van der Waals surface area contributed by atoms with Crippen LogP contribution >= 0.6 is 15.9 Å². The van der Waals surface area contributed by atoms with Crippen LogP contribution in [0, 0.1) is 5.92 Å². The largest absolute Gasteiger partial charge is 0.493 e. The Morgan fingerprint density at radius 1 is 1.40 bits per heavy atom. The zero-order chi connectivity index (χ0) is 14.7. The minimum atomic E-state index is -0.228. The van der Waals surface area contributed by atoms with Crippen molar-refractivity contribution in [2.75, 3.05) is 27.3 Å². The molecule has 2 atom stereocenters. The molecular weight excluding hydrogens is 322 g/mol. The lowest BCUT2D eigenvalue weighted by Crippen LogP contribution is -2.24. The highest BCUT2D eigenvalue weighted by atomic mass is 79.9. The van der Waals surface area contributed by atoms with Crippen LogP contribution in [-0.4, -0.2) is 43.4 Å². The van der Waals surface area contributed by atoms with Gasteiger partial charge in [-0.15, -0.1) is 0 Å². The summed E-state index contributed by atoms with van der Waals surface area (Å²) < 4.78 is 11.6. The molecule has 0 aliphatic carbocycles. The third-order valence-corrected chi connectivity index (χ3v) is 4.82. The normalized spacial score (nSPS) is 20.9. The van der Waals surface area contributed by atoms with Gasteiger partial charge in [0.25, 0.3) is 0 Å². The second-order valence-corrected chi connectivity index (χ2v) is 6.09. The van der Waals surface area contributed by atoms with E-state index in [-0.39, 0.29) is 6.10 Å². The van der Waals surface area contributed by atoms with Crippen LogP contribution in [0.15, 0.2) is 16.6 Å². The Kier molecular flexibility index (Phi) is 5.29. The zero-order valence-corrected chi connectivity index (χ0v) is 13.8. The first-order valence-corrected chi connectivity index (χ1v) is 7.66. The Labute approximate surface area is 128 Å². The number of rotatable bonds is 5. The van der Waals surface area contributed by atoms with E-state index in [1.54, 1.807) is 14.2 Å². The summed E-state index contributed by atoms with van der Waals surface area (Å²) in [4.78, 5) is 2.36. The van der Waals surface area contributed by atoms with Gasteiger partial charge in [-0.25, -0.2) is 0 Å². The van der Waals surface area contributed by atoms with E-state index in [1.165, 1.54) is 5.56 Å². The van der Waals surface area contributed by atoms with Crippen molar-refractivity contribution >= 4 is 15.9 Å². The maximum absolute atomic E-state index is 9.67. The number of ether oxygens (including phenoxy) is 2. The molecule has 1 N–H and O–H groups in total. The van der Waals surface area contributed by atoms with Crippen LogP contribution in [0.5, 0.6) is 11.5 Å². The smallest absolute Gasteiger partial charge is 0.175 e. The van der Waals surface area contributed by atoms with E-state index in [2.05, 4.69) is 26.9 Å². The van der Waals surface area contributed by atoms with Crippen molar-refractivity contribution in [2.24, 2.45) is 5.92 Å². The molecule has 1 aliphatic rings. The van der Waals surface area contributed by atoms with Crippen LogP contribution in [-0.2, 0) is 6.54 Å². The van der Waals surface area contributed by atoms with Crippen LogP contribution in [0.3, 0.4) is 0 Å². The number of aliphatic hydroxyl groups excluding tert-OH is 1. The highest BCUT2D eigenvalue weighted by Crippen LogP contribution is 2.38. The van der Waals surface area contributed by atoms with Crippen molar-refractivity contribution in [1.82, 2.24) is 4.90 Å². The predicted octanol–water partition coefficient (Wildman–Crippen LogP) is 2.67. The monoisotopic (exact) mass is 343 g/mol. The summed E-state index contributed by atoms with van der Waals surface area (Å²) in [5.41, 5.74) is 1.17. The first kappa shape index (κ1) is 15.6. The molecular formula is C15H22BrNO3. The van der Waals surface area contributed by atoms with Crippen molar-refractivity contribution < 1.29 is 14.6 Å². The van der Waals surface area contributed by atoms with Crippen molar-refractivity contribution in [2.45, 2.75) is 26.0 Å². The molecule has 1 fully saturated rings. The van der Waals surface area contributed by atoms with Gasteiger partial charge in [0, 0.05) is 13.1 Å². The van der Waals surface area contributed by atoms with Crippen LogP contribution in [0.1, 0.15) is 18.9 Å². The molecule has 112 valence electrons. The summed E-state index contributed by atoms with van der Waals surface area (Å²) in [5, 5.41) is 9.67. The van der Waals surface area contributed by atoms with E-state index in [9.17, 15) is 5.11 Å². The van der Waals surface area contributed by atoms with Gasteiger partial charge in [0.2, 0.25) is 0 Å². The van der Waals surface area contributed by atoms with Gasteiger partial charge in [-0.2, -0.15) is 0 Å². The lowest BCUT2D eigenvalue weighted by atomic mass is 10.0. The fraction of sp³-hybridized carbons (Fsp3) is 0.600. The lowest BCUT2D eigenvalue weighted by molar-refractivity contribution is 0.127. The number of nitrogens with zero attached hydrogens (tertiary/aromatic N) is 1. The number of hydrogen-bond donors (Lipinski definition) is 1. The van der Waals surface area contributed by atoms with E-state index in [1.807, 2.05) is 13.0 Å². The van der Waals surface area contributed by atoms with Crippen molar-refractivity contribution in [3.8, 4) is 11.5 Å². The first-order chi connectivity index (χ1) is 9.56. The van der Waals surface area contributed by atoms with Gasteiger partial charge >= 0.3 is 0 Å². The van der Waals surface area contributed by atoms with Crippen molar-refractivity contribution in [3.63, 3.8) is 0 Å². The summed E-state index contributed by atoms with van der Waals surface area (Å²) in [6.07, 6.45) is 0.830. The maximum atomic E-state index is 9.67. The molecule has 0 bridgehead atoms. The van der Waals surface area contributed by atoms with Crippen molar-refractivity contribution in [3.05, 3.63) is 22.2 Å². The molecule has 1 heterocycles. The summed E-state index contributed by atoms with van der Waals surface area (Å²) in [7, 11) is 3.28. The highest BCUT2D eigenvalue weighted by Gasteiger charge is 2.26. The molecule has 5 heteroatoms. The predicted molar refractivity (Wildman–Crippen MR) is 82.3 cm³/mol. The Hall–Kier alpha value is -0.780. The Morgan fingerprint density at radius 2 is 2.15 bits per heavy atom. The summed E-state index contributed by atoms with van der Waals surface area (Å²) in [6, 6.07) is 3.99. The number of halogens is 1. The van der Waals surface area contributed by atoms with Gasteiger partial charge in [-0.05, 0) is 53.4 Å². The van der Waals surface area contributed by atoms with E-state index in [0.29, 0.717) is 5.92 Å². The van der Waals surface area contributed by atoms with Gasteiger partial charge in [-0.1, -0.05) is 6.07 Å². The third-order valence-electron chi connectivity index (χ3n) is 3.95. The fourth-order valence-corrected chi connectivity index (χ4v) is 3.31. The number of aliphatic hydroxyl groups is 1. The number of benzene rings is 1. The van der Waals surface area contributed by atoms with Gasteiger partial charge in [0.05, 0.1) is 24.8 Å². The van der Waals surface area contributed by atoms with E-state index < -0.39 is 0 Å². The molecule has 0 aromatic heterocycles. The van der Waals surface area contributed by atoms with Gasteiger partial charge in [-0.3, -0.25) is 4.90 Å². The molecule has 0 spiro atoms. The zero-order valence-electron chi connectivity index (χ0n) is 12.2. The maximum Gasteiger partial charge on any atom is 0.175 e. The highest BCUT2D eigenvalue weighted by molar-refractivity contribution is 9.10. The lowest BCUT2D eigenvalue weighted by Gasteiger charge is -2.19. The standard InChI is InChI=1S/C15H22BrNO3/c1-10(18)11-6-7-17(8-11)9-12-4-5-13(19-2)15(20-3)14(12)16/h4-5,10-11,18H,6-9H2,1-3H3. The SMILES string of the molecule is COc1ccc(CN2CCC(C(C)O)C2)c(Br)c1OC. The minimum absolute atomic E-state index is 0.228. The quantitative estimate of drug-likeness (QED) is 0.892. The first-order valence-electron chi connectivity index (χ1n) is 6.86. The number of hydrogen-bond acceptors (Lipinski definition) is 4. The van der Waals surface area contributed by atoms with E-state index >= 15 is 0 Å². The Morgan fingerprint density at radius 3 is 2.70 bits per heavy atom. The van der Waals surface area contributed by atoms with Crippen LogP contribution in [0.25, 0.3) is 0 Å². The summed E-state index contributed by atoms with van der Waals surface area (Å²) >= 11 is 3.60. The summed E-state index contributed by atoms with van der Waals surface area (Å²) in [6.45, 7) is 4.69. The average molecular weight is 344 g/mol. The number of likely N-dealkylation sites (tertiary alicyclic amines) is 1. The van der Waals surface area contributed by atoms with Gasteiger partial charge in [0.15, 0.2) is 11.5 Å². The van der Waals surface area contributed by atoms with Crippen molar-refractivity contribution in [1.29, 1.82) is 0 Å². The molecule has 0 saturated carbocycles. The molecule has 1 aromatic rings. The van der Waals surface area contributed by atoms with Crippen LogP contribution in [0.4, 0.5) is 0 Å². The molecule has 4 nitrogen and oxygen atoms in total. The number of methoxy groups -OCH3 is 2.